The predicted octanol–water partition coefficient (Wildman–Crippen LogP) is 3.14. The maximum atomic E-state index is 12.6. The van der Waals surface area contributed by atoms with Crippen LogP contribution in [0.5, 0.6) is 0 Å². The van der Waals surface area contributed by atoms with Gasteiger partial charge in [-0.3, -0.25) is 4.79 Å². The van der Waals surface area contributed by atoms with E-state index in [4.69, 9.17) is 5.73 Å². The molecule has 1 amide bonds. The number of rotatable bonds is 5. The summed E-state index contributed by atoms with van der Waals surface area (Å²) in [5.41, 5.74) is 6.88. The summed E-state index contributed by atoms with van der Waals surface area (Å²) in [6.45, 7) is 5.76. The molecule has 1 atom stereocenters. The molecule has 20 heavy (non-hydrogen) atoms. The molecule has 2 N–H and O–H groups in total. The first-order valence-corrected chi connectivity index (χ1v) is 8.32. The number of hydrogen-bond acceptors (Lipinski definition) is 3. The number of para-hydroxylation sites is 1. The van der Waals surface area contributed by atoms with E-state index in [1.165, 1.54) is 4.90 Å². The minimum atomic E-state index is 0.217. The second-order valence-electron chi connectivity index (χ2n) is 5.80. The van der Waals surface area contributed by atoms with Crippen molar-refractivity contribution < 1.29 is 4.79 Å². The van der Waals surface area contributed by atoms with Crippen molar-refractivity contribution in [1.82, 2.24) is 0 Å². The number of nitrogens with two attached hydrogens (primary N) is 1. The van der Waals surface area contributed by atoms with E-state index < -0.39 is 0 Å². The van der Waals surface area contributed by atoms with E-state index in [9.17, 15) is 4.79 Å². The molecule has 0 spiro atoms. The van der Waals surface area contributed by atoms with E-state index in [1.807, 2.05) is 34.9 Å². The molecule has 1 aromatic carbocycles. The molecule has 0 radical (unpaired) electrons. The molecule has 2 rings (SSSR count). The average Bonchev–Trinajstić information content (AvgIpc) is 2.45. The number of carbonyl (C=O) groups excluding carboxylic acids is 1. The minimum absolute atomic E-state index is 0.217. The van der Waals surface area contributed by atoms with Gasteiger partial charge < -0.3 is 10.6 Å². The van der Waals surface area contributed by atoms with Crippen molar-refractivity contribution in [3.8, 4) is 0 Å². The highest BCUT2D eigenvalue weighted by Gasteiger charge is 2.24. The predicted molar refractivity (Wildman–Crippen MR) is 86.1 cm³/mol. The summed E-state index contributed by atoms with van der Waals surface area (Å²) in [4.78, 5) is 15.7. The van der Waals surface area contributed by atoms with Crippen molar-refractivity contribution in [1.29, 1.82) is 0 Å². The van der Waals surface area contributed by atoms with Gasteiger partial charge >= 0.3 is 0 Å². The van der Waals surface area contributed by atoms with Crippen LogP contribution in [-0.4, -0.2) is 24.7 Å². The second-order valence-corrected chi connectivity index (χ2v) is 6.93. The highest BCUT2D eigenvalue weighted by Crippen LogP contribution is 2.35. The van der Waals surface area contributed by atoms with E-state index >= 15 is 0 Å². The molecule has 0 aliphatic carbocycles. The molecule has 1 aliphatic heterocycles. The summed E-state index contributed by atoms with van der Waals surface area (Å²) in [5, 5.41) is 0. The molecule has 0 bridgehead atoms. The van der Waals surface area contributed by atoms with Gasteiger partial charge in [0.1, 0.15) is 0 Å². The molecule has 0 aromatic heterocycles. The summed E-state index contributed by atoms with van der Waals surface area (Å²) < 4.78 is 0. The molecule has 0 fully saturated rings. The Kier molecular flexibility index (Phi) is 5.49. The zero-order chi connectivity index (χ0) is 14.5. The first kappa shape index (κ1) is 15.4. The summed E-state index contributed by atoms with van der Waals surface area (Å²) >= 11 is 1.83. The van der Waals surface area contributed by atoms with Crippen molar-refractivity contribution in [2.24, 2.45) is 17.6 Å². The first-order chi connectivity index (χ1) is 9.61. The van der Waals surface area contributed by atoms with E-state index in [-0.39, 0.29) is 5.91 Å². The van der Waals surface area contributed by atoms with Gasteiger partial charge in [-0.05, 0) is 36.9 Å². The number of benzene rings is 1. The molecule has 1 aliphatic rings. The Bertz CT molecular complexity index is 462. The summed E-state index contributed by atoms with van der Waals surface area (Å²) in [6, 6.07) is 8.16. The summed E-state index contributed by atoms with van der Waals surface area (Å²) in [7, 11) is 0. The minimum Gasteiger partial charge on any atom is -0.330 e. The number of anilines is 1. The van der Waals surface area contributed by atoms with E-state index in [1.54, 1.807) is 0 Å². The molecule has 4 heteroatoms. The Balaban J connectivity index is 2.06. The monoisotopic (exact) mass is 292 g/mol. The Morgan fingerprint density at radius 2 is 2.15 bits per heavy atom. The Morgan fingerprint density at radius 3 is 2.85 bits per heavy atom. The van der Waals surface area contributed by atoms with Crippen molar-refractivity contribution in [2.45, 2.75) is 31.6 Å². The van der Waals surface area contributed by atoms with Gasteiger partial charge in [0.15, 0.2) is 0 Å². The Morgan fingerprint density at radius 1 is 1.40 bits per heavy atom. The molecule has 1 aromatic rings. The van der Waals surface area contributed by atoms with Gasteiger partial charge in [0.25, 0.3) is 0 Å². The van der Waals surface area contributed by atoms with Crippen LogP contribution in [0, 0.1) is 11.8 Å². The van der Waals surface area contributed by atoms with Crippen LogP contribution in [0.25, 0.3) is 0 Å². The van der Waals surface area contributed by atoms with Crippen LogP contribution >= 0.6 is 11.8 Å². The lowest BCUT2D eigenvalue weighted by molar-refractivity contribution is -0.119. The number of fused-ring (bicyclic) bond motifs is 1. The quantitative estimate of drug-likeness (QED) is 0.907. The van der Waals surface area contributed by atoms with E-state index in [0.717, 1.165) is 24.4 Å². The van der Waals surface area contributed by atoms with E-state index in [0.29, 0.717) is 24.8 Å². The molecule has 110 valence electrons. The molecule has 3 nitrogen and oxygen atoms in total. The number of thioether (sulfide) groups is 1. The highest BCUT2D eigenvalue weighted by molar-refractivity contribution is 7.99. The fourth-order valence-corrected chi connectivity index (χ4v) is 3.71. The lowest BCUT2D eigenvalue weighted by atomic mass is 9.93. The smallest absolute Gasteiger partial charge is 0.227 e. The number of hydrogen-bond donors (Lipinski definition) is 1. The van der Waals surface area contributed by atoms with Crippen molar-refractivity contribution in [2.75, 3.05) is 23.7 Å². The Hall–Kier alpha value is -1.00. The fraction of sp³-hybridized carbons (Fsp3) is 0.562. The topological polar surface area (TPSA) is 46.3 Å². The lowest BCUT2D eigenvalue weighted by Crippen LogP contribution is -2.37. The zero-order valence-corrected chi connectivity index (χ0v) is 13.2. The van der Waals surface area contributed by atoms with Crippen LogP contribution in [-0.2, 0) is 4.79 Å². The second kappa shape index (κ2) is 7.14. The van der Waals surface area contributed by atoms with Gasteiger partial charge in [-0.2, -0.15) is 0 Å². The fourth-order valence-electron chi connectivity index (χ4n) is 2.72. The van der Waals surface area contributed by atoms with Crippen LogP contribution < -0.4 is 10.6 Å². The van der Waals surface area contributed by atoms with Gasteiger partial charge in [0, 0.05) is 23.6 Å². The van der Waals surface area contributed by atoms with Crippen LogP contribution in [0.2, 0.25) is 0 Å². The van der Waals surface area contributed by atoms with Gasteiger partial charge in [-0.15, -0.1) is 11.8 Å². The third kappa shape index (κ3) is 3.76. The number of amides is 1. The maximum Gasteiger partial charge on any atom is 0.227 e. The third-order valence-corrected chi connectivity index (χ3v) is 4.67. The maximum absolute atomic E-state index is 12.6. The van der Waals surface area contributed by atoms with E-state index in [2.05, 4.69) is 19.9 Å². The molecule has 0 saturated carbocycles. The van der Waals surface area contributed by atoms with Crippen molar-refractivity contribution >= 4 is 23.4 Å². The zero-order valence-electron chi connectivity index (χ0n) is 12.3. The summed E-state index contributed by atoms with van der Waals surface area (Å²) in [6.07, 6.45) is 1.58. The Labute approximate surface area is 125 Å². The molecule has 0 saturated heterocycles. The van der Waals surface area contributed by atoms with Crippen LogP contribution in [0.4, 0.5) is 5.69 Å². The average molecular weight is 292 g/mol. The van der Waals surface area contributed by atoms with Crippen molar-refractivity contribution in [3.63, 3.8) is 0 Å². The van der Waals surface area contributed by atoms with Crippen LogP contribution in [0.1, 0.15) is 26.7 Å². The van der Waals surface area contributed by atoms with Gasteiger partial charge in [0.05, 0.1) is 5.69 Å². The molecule has 1 heterocycles. The van der Waals surface area contributed by atoms with Gasteiger partial charge in [-0.1, -0.05) is 26.0 Å². The standard InChI is InChI=1S/C16H24N2OS/c1-12(2)9-13(11-17)10-16(19)18-7-8-20-15-6-4-3-5-14(15)18/h3-6,12-13H,7-11,17H2,1-2H3/t13-/m0/s1. The van der Waals surface area contributed by atoms with Gasteiger partial charge in [-0.25, -0.2) is 0 Å². The number of nitrogens with zero attached hydrogens (tertiary/aromatic N) is 1. The van der Waals surface area contributed by atoms with Gasteiger partial charge in [0.2, 0.25) is 5.91 Å². The van der Waals surface area contributed by atoms with Crippen molar-refractivity contribution in [3.05, 3.63) is 24.3 Å². The molecule has 0 unspecified atom stereocenters. The number of carbonyl (C=O) groups is 1. The lowest BCUT2D eigenvalue weighted by Gasteiger charge is -2.30. The largest absolute Gasteiger partial charge is 0.330 e. The van der Waals surface area contributed by atoms with Crippen LogP contribution in [0.15, 0.2) is 29.2 Å². The molecular weight excluding hydrogens is 268 g/mol. The SMILES string of the molecule is CC(C)C[C@H](CN)CC(=O)N1CCSc2ccccc21. The highest BCUT2D eigenvalue weighted by atomic mass is 32.2. The first-order valence-electron chi connectivity index (χ1n) is 7.34. The summed E-state index contributed by atoms with van der Waals surface area (Å²) in [5.74, 6) is 2.07. The molecular formula is C16H24N2OS. The third-order valence-electron chi connectivity index (χ3n) is 3.63. The van der Waals surface area contributed by atoms with Crippen LogP contribution in [0.3, 0.4) is 0 Å². The normalized spacial score (nSPS) is 16.1.